The van der Waals surface area contributed by atoms with E-state index in [1.807, 2.05) is 6.92 Å². The Morgan fingerprint density at radius 1 is 1.32 bits per heavy atom. The summed E-state index contributed by atoms with van der Waals surface area (Å²) in [6.07, 6.45) is 6.40. The molecule has 1 aromatic rings. The van der Waals surface area contributed by atoms with Crippen LogP contribution in [0, 0.1) is 6.92 Å². The normalized spacial score (nSPS) is 30.2. The summed E-state index contributed by atoms with van der Waals surface area (Å²) in [6.45, 7) is 6.04. The lowest BCUT2D eigenvalue weighted by atomic mass is 9.98. The molecule has 0 aromatic carbocycles. The lowest BCUT2D eigenvalue weighted by Gasteiger charge is -2.37. The highest BCUT2D eigenvalue weighted by Gasteiger charge is 2.36. The summed E-state index contributed by atoms with van der Waals surface area (Å²) in [5.41, 5.74) is 0. The Hall–Kier alpha value is -0.940. The van der Waals surface area contributed by atoms with Crippen LogP contribution < -0.4 is 5.32 Å². The third kappa shape index (κ3) is 2.98. The Morgan fingerprint density at radius 3 is 2.63 bits per heavy atom. The molecule has 0 spiro atoms. The van der Waals surface area contributed by atoms with Crippen molar-refractivity contribution in [3.63, 3.8) is 0 Å². The van der Waals surface area contributed by atoms with E-state index >= 15 is 0 Å². The number of fused-ring (bicyclic) bond motifs is 2. The first kappa shape index (κ1) is 13.1. The highest BCUT2D eigenvalue weighted by atomic mass is 16.5. The summed E-state index contributed by atoms with van der Waals surface area (Å²) in [6, 6.07) is 2.13. The number of nitrogens with zero attached hydrogens (tertiary/aromatic N) is 3. The molecule has 2 aliphatic heterocycles. The van der Waals surface area contributed by atoms with Gasteiger partial charge in [-0.15, -0.1) is 0 Å². The molecule has 19 heavy (non-hydrogen) atoms. The predicted octanol–water partition coefficient (Wildman–Crippen LogP) is 1.87. The molecule has 2 fully saturated rings. The highest BCUT2D eigenvalue weighted by Crippen LogP contribution is 2.30. The van der Waals surface area contributed by atoms with Crippen molar-refractivity contribution >= 4 is 0 Å². The van der Waals surface area contributed by atoms with Gasteiger partial charge >= 0.3 is 0 Å². The molecule has 0 amide bonds. The quantitative estimate of drug-likeness (QED) is 0.880. The van der Waals surface area contributed by atoms with Gasteiger partial charge in [-0.1, -0.05) is 12.1 Å². The van der Waals surface area contributed by atoms with Crippen molar-refractivity contribution in [2.45, 2.75) is 70.6 Å². The predicted molar refractivity (Wildman–Crippen MR) is 72.7 cm³/mol. The molecule has 2 unspecified atom stereocenters. The van der Waals surface area contributed by atoms with E-state index in [0.29, 0.717) is 6.04 Å². The molecular weight excluding hydrogens is 240 g/mol. The molecule has 1 aromatic heterocycles. The molecule has 3 rings (SSSR count). The molecule has 0 saturated carbocycles. The van der Waals surface area contributed by atoms with E-state index in [0.717, 1.165) is 36.9 Å². The van der Waals surface area contributed by atoms with Crippen LogP contribution in [0.15, 0.2) is 4.52 Å². The van der Waals surface area contributed by atoms with Gasteiger partial charge in [0.25, 0.3) is 0 Å². The SMILES string of the molecule is CCCN(Cc1nc(C)no1)C1CC2CCC(C1)N2. The van der Waals surface area contributed by atoms with Crippen molar-refractivity contribution in [2.75, 3.05) is 6.54 Å². The molecule has 0 radical (unpaired) electrons. The minimum atomic E-state index is 0.672. The minimum Gasteiger partial charge on any atom is -0.338 e. The molecule has 5 nitrogen and oxygen atoms in total. The lowest BCUT2D eigenvalue weighted by Crippen LogP contribution is -2.48. The first-order valence-corrected chi connectivity index (χ1v) is 7.54. The number of aryl methyl sites for hydroxylation is 1. The smallest absolute Gasteiger partial charge is 0.240 e. The van der Waals surface area contributed by atoms with Crippen LogP contribution in [-0.4, -0.2) is 39.7 Å². The topological polar surface area (TPSA) is 54.2 Å². The summed E-state index contributed by atoms with van der Waals surface area (Å²) in [7, 11) is 0. The number of hydrogen-bond acceptors (Lipinski definition) is 5. The molecule has 5 heteroatoms. The van der Waals surface area contributed by atoms with Crippen molar-refractivity contribution in [3.05, 3.63) is 11.7 Å². The van der Waals surface area contributed by atoms with Crippen molar-refractivity contribution in [2.24, 2.45) is 0 Å². The van der Waals surface area contributed by atoms with Crippen LogP contribution in [0.25, 0.3) is 0 Å². The van der Waals surface area contributed by atoms with E-state index in [1.54, 1.807) is 0 Å². The van der Waals surface area contributed by atoms with Gasteiger partial charge in [-0.05, 0) is 45.6 Å². The molecule has 106 valence electrons. The molecule has 1 N–H and O–H groups in total. The third-order valence-electron chi connectivity index (χ3n) is 4.38. The van der Waals surface area contributed by atoms with Gasteiger partial charge in [-0.25, -0.2) is 0 Å². The number of rotatable bonds is 5. The van der Waals surface area contributed by atoms with Gasteiger partial charge in [-0.2, -0.15) is 4.98 Å². The largest absolute Gasteiger partial charge is 0.338 e. The zero-order valence-corrected chi connectivity index (χ0v) is 11.9. The van der Waals surface area contributed by atoms with Crippen LogP contribution in [0.1, 0.15) is 50.7 Å². The van der Waals surface area contributed by atoms with Gasteiger partial charge in [0.1, 0.15) is 0 Å². The van der Waals surface area contributed by atoms with E-state index in [9.17, 15) is 0 Å². The van der Waals surface area contributed by atoms with Gasteiger partial charge in [0, 0.05) is 18.1 Å². The fraction of sp³-hybridized carbons (Fsp3) is 0.857. The van der Waals surface area contributed by atoms with E-state index in [2.05, 4.69) is 27.3 Å². The summed E-state index contributed by atoms with van der Waals surface area (Å²) in [4.78, 5) is 6.89. The lowest BCUT2D eigenvalue weighted by molar-refractivity contribution is 0.119. The Kier molecular flexibility index (Phi) is 3.84. The Morgan fingerprint density at radius 2 is 2.05 bits per heavy atom. The number of hydrogen-bond donors (Lipinski definition) is 1. The Labute approximate surface area is 114 Å². The van der Waals surface area contributed by atoms with Crippen LogP contribution in [0.3, 0.4) is 0 Å². The highest BCUT2D eigenvalue weighted by molar-refractivity contribution is 4.96. The molecule has 2 atom stereocenters. The van der Waals surface area contributed by atoms with Crippen LogP contribution >= 0.6 is 0 Å². The first-order valence-electron chi connectivity index (χ1n) is 7.54. The average Bonchev–Trinajstić information content (AvgIpc) is 2.95. The van der Waals surface area contributed by atoms with E-state index in [4.69, 9.17) is 4.52 Å². The molecule has 2 saturated heterocycles. The molecule has 2 bridgehead atoms. The maximum atomic E-state index is 5.28. The van der Waals surface area contributed by atoms with Crippen molar-refractivity contribution in [3.8, 4) is 0 Å². The van der Waals surface area contributed by atoms with Gasteiger partial charge in [0.2, 0.25) is 5.89 Å². The van der Waals surface area contributed by atoms with Crippen LogP contribution in [-0.2, 0) is 6.54 Å². The zero-order chi connectivity index (χ0) is 13.2. The summed E-state index contributed by atoms with van der Waals surface area (Å²) < 4.78 is 5.28. The van der Waals surface area contributed by atoms with Gasteiger partial charge in [0.05, 0.1) is 6.54 Å². The van der Waals surface area contributed by atoms with E-state index < -0.39 is 0 Å². The van der Waals surface area contributed by atoms with Gasteiger partial charge < -0.3 is 9.84 Å². The maximum Gasteiger partial charge on any atom is 0.240 e. The third-order valence-corrected chi connectivity index (χ3v) is 4.38. The van der Waals surface area contributed by atoms with Crippen molar-refractivity contribution < 1.29 is 4.52 Å². The number of piperidine rings is 1. The maximum absolute atomic E-state index is 5.28. The fourth-order valence-corrected chi connectivity index (χ4v) is 3.58. The average molecular weight is 264 g/mol. The van der Waals surface area contributed by atoms with Crippen LogP contribution in [0.4, 0.5) is 0 Å². The first-order chi connectivity index (χ1) is 9.24. The minimum absolute atomic E-state index is 0.672. The molecule has 0 aliphatic carbocycles. The summed E-state index contributed by atoms with van der Waals surface area (Å²) in [5.74, 6) is 1.49. The molecule has 3 heterocycles. The standard InChI is InChI=1S/C14H24N4O/c1-3-6-18(9-14-15-10(2)17-19-14)13-7-11-4-5-12(8-13)16-11/h11-13,16H,3-9H2,1-2H3. The van der Waals surface area contributed by atoms with Crippen LogP contribution in [0.2, 0.25) is 0 Å². The van der Waals surface area contributed by atoms with Gasteiger partial charge in [0.15, 0.2) is 5.82 Å². The summed E-state index contributed by atoms with van der Waals surface area (Å²) in [5, 5.41) is 7.60. The van der Waals surface area contributed by atoms with Crippen molar-refractivity contribution in [1.29, 1.82) is 0 Å². The van der Waals surface area contributed by atoms with Crippen molar-refractivity contribution in [1.82, 2.24) is 20.4 Å². The van der Waals surface area contributed by atoms with E-state index in [1.165, 1.54) is 32.1 Å². The van der Waals surface area contributed by atoms with E-state index in [-0.39, 0.29) is 0 Å². The molecule has 2 aliphatic rings. The second-order valence-electron chi connectivity index (χ2n) is 5.97. The number of nitrogens with one attached hydrogen (secondary N) is 1. The number of aromatic nitrogens is 2. The fourth-order valence-electron chi connectivity index (χ4n) is 3.58. The van der Waals surface area contributed by atoms with Crippen LogP contribution in [0.5, 0.6) is 0 Å². The monoisotopic (exact) mass is 264 g/mol. The summed E-state index contributed by atoms with van der Waals surface area (Å²) >= 11 is 0. The Bertz CT molecular complexity index is 407. The second kappa shape index (κ2) is 5.59. The Balaban J connectivity index is 1.66. The molecular formula is C14H24N4O. The zero-order valence-electron chi connectivity index (χ0n) is 11.9. The second-order valence-corrected chi connectivity index (χ2v) is 5.97. The van der Waals surface area contributed by atoms with Gasteiger partial charge in [-0.3, -0.25) is 4.90 Å².